The molecule has 0 N–H and O–H groups in total. The Hall–Kier alpha value is -1.76. The quantitative estimate of drug-likeness (QED) is 0.622. The lowest BCUT2D eigenvalue weighted by atomic mass is 10.1. The Morgan fingerprint density at radius 2 is 1.87 bits per heavy atom. The van der Waals surface area contributed by atoms with Crippen LogP contribution in [0.4, 0.5) is 8.78 Å². The Morgan fingerprint density at radius 3 is 2.22 bits per heavy atom. The third-order valence-corrected chi connectivity index (χ3v) is 3.32. The zero-order chi connectivity index (χ0) is 17.4. The van der Waals surface area contributed by atoms with Gasteiger partial charge in [-0.3, -0.25) is 14.3 Å². The van der Waals surface area contributed by atoms with Crippen LogP contribution in [0.3, 0.4) is 0 Å². The molecular weight excluding hydrogens is 304 g/mol. The molecule has 0 saturated carbocycles. The van der Waals surface area contributed by atoms with Gasteiger partial charge in [0.25, 0.3) is 12.3 Å². The van der Waals surface area contributed by atoms with Crippen LogP contribution in [0.15, 0.2) is 18.3 Å². The maximum atomic E-state index is 12.7. The number of hydroxylamine groups is 2. The molecule has 1 heterocycles. The summed E-state index contributed by atoms with van der Waals surface area (Å²) in [7, 11) is 2.80. The maximum Gasteiger partial charge on any atom is 0.282 e. The van der Waals surface area contributed by atoms with Gasteiger partial charge in [-0.2, -0.15) is 5.10 Å². The molecule has 1 aromatic heterocycles. The van der Waals surface area contributed by atoms with Crippen LogP contribution in [0.5, 0.6) is 0 Å². The maximum absolute atomic E-state index is 12.7. The molecule has 0 unspecified atom stereocenters. The highest BCUT2D eigenvalue weighted by molar-refractivity contribution is 5.94. The summed E-state index contributed by atoms with van der Waals surface area (Å²) in [4.78, 5) is 16.8. The van der Waals surface area contributed by atoms with E-state index in [4.69, 9.17) is 4.84 Å². The largest absolute Gasteiger partial charge is 0.282 e. The number of allylic oxidation sites excluding steroid dienone is 2. The van der Waals surface area contributed by atoms with E-state index in [2.05, 4.69) is 17.3 Å². The van der Waals surface area contributed by atoms with Crippen molar-refractivity contribution < 1.29 is 18.4 Å². The first-order valence-electron chi connectivity index (χ1n) is 7.72. The normalized spacial score (nSPS) is 13.9. The molecule has 1 aliphatic carbocycles. The van der Waals surface area contributed by atoms with Crippen LogP contribution in [-0.4, -0.2) is 33.9 Å². The Bertz CT molecular complexity index is 519. The first kappa shape index (κ1) is 19.3. The molecule has 1 aliphatic rings. The number of aromatic nitrogens is 2. The van der Waals surface area contributed by atoms with Gasteiger partial charge in [-0.25, -0.2) is 13.8 Å². The van der Waals surface area contributed by atoms with Crippen molar-refractivity contribution >= 4 is 5.91 Å². The smallest absolute Gasteiger partial charge is 0.275 e. The van der Waals surface area contributed by atoms with Crippen molar-refractivity contribution in [2.24, 2.45) is 7.05 Å². The molecular formula is C16H25F2N3O2. The average molecular weight is 329 g/mol. The standard InChI is InChI=1S/C10H15F2N3O2.C6H10/c1-6(2)15(17-4)10(16)7-5-14(3)13-8(7)9(11)12;1-2-4-6-5-3-1/h5-6,9H,1-4H3;1-2H,3-6H2. The highest BCUT2D eigenvalue weighted by Gasteiger charge is 2.27. The third kappa shape index (κ3) is 5.74. The first-order valence-corrected chi connectivity index (χ1v) is 7.72. The van der Waals surface area contributed by atoms with E-state index in [1.165, 1.54) is 50.7 Å². The topological polar surface area (TPSA) is 47.4 Å². The number of alkyl halides is 2. The Kier molecular flexibility index (Phi) is 7.88. The summed E-state index contributed by atoms with van der Waals surface area (Å²) < 4.78 is 26.5. The lowest BCUT2D eigenvalue weighted by Crippen LogP contribution is -2.36. The number of hydrogen-bond donors (Lipinski definition) is 0. The number of aryl methyl sites for hydroxylation is 1. The Labute approximate surface area is 135 Å². The Balaban J connectivity index is 0.000000366. The molecule has 0 aliphatic heterocycles. The van der Waals surface area contributed by atoms with Crippen molar-refractivity contribution in [3.05, 3.63) is 29.6 Å². The number of halogens is 2. The minimum atomic E-state index is -2.79. The highest BCUT2D eigenvalue weighted by atomic mass is 19.3. The zero-order valence-corrected chi connectivity index (χ0v) is 14.1. The number of nitrogens with zero attached hydrogens (tertiary/aromatic N) is 3. The molecule has 130 valence electrons. The summed E-state index contributed by atoms with van der Waals surface area (Å²) in [5.74, 6) is -0.620. The van der Waals surface area contributed by atoms with Crippen LogP contribution in [0.1, 0.15) is 62.0 Å². The average Bonchev–Trinajstić information content (AvgIpc) is 2.92. The number of carbonyl (C=O) groups is 1. The van der Waals surface area contributed by atoms with Gasteiger partial charge in [-0.05, 0) is 39.5 Å². The van der Waals surface area contributed by atoms with E-state index in [-0.39, 0.29) is 11.6 Å². The van der Waals surface area contributed by atoms with Crippen molar-refractivity contribution in [2.75, 3.05) is 7.11 Å². The van der Waals surface area contributed by atoms with Crippen molar-refractivity contribution in [2.45, 2.75) is 52.0 Å². The fourth-order valence-corrected chi connectivity index (χ4v) is 2.24. The van der Waals surface area contributed by atoms with Gasteiger partial charge in [0.1, 0.15) is 5.69 Å². The summed E-state index contributed by atoms with van der Waals surface area (Å²) >= 11 is 0. The summed E-state index contributed by atoms with van der Waals surface area (Å²) in [6.07, 6.45) is 8.47. The lowest BCUT2D eigenvalue weighted by Gasteiger charge is -2.23. The van der Waals surface area contributed by atoms with Gasteiger partial charge in [0.15, 0.2) is 0 Å². The minimum absolute atomic E-state index is 0.141. The van der Waals surface area contributed by atoms with Crippen molar-refractivity contribution in [3.8, 4) is 0 Å². The number of hydrogen-bond acceptors (Lipinski definition) is 3. The summed E-state index contributed by atoms with van der Waals surface area (Å²) in [6.45, 7) is 3.44. The molecule has 23 heavy (non-hydrogen) atoms. The van der Waals surface area contributed by atoms with E-state index in [1.807, 2.05) is 0 Å². The predicted octanol–water partition coefficient (Wildman–Crippen LogP) is 3.89. The van der Waals surface area contributed by atoms with Gasteiger partial charge >= 0.3 is 0 Å². The predicted molar refractivity (Wildman–Crippen MR) is 84.1 cm³/mol. The highest BCUT2D eigenvalue weighted by Crippen LogP contribution is 2.22. The van der Waals surface area contributed by atoms with Crippen LogP contribution < -0.4 is 0 Å². The van der Waals surface area contributed by atoms with Gasteiger partial charge in [0.05, 0.1) is 18.7 Å². The van der Waals surface area contributed by atoms with Gasteiger partial charge < -0.3 is 0 Å². The number of rotatable bonds is 4. The SMILES string of the molecule is C1=CCCCC1.CON(C(=O)c1cn(C)nc1C(F)F)C(C)C. The van der Waals surface area contributed by atoms with E-state index in [1.54, 1.807) is 13.8 Å². The number of carbonyl (C=O) groups excluding carboxylic acids is 1. The second-order valence-corrected chi connectivity index (χ2v) is 5.57. The second-order valence-electron chi connectivity index (χ2n) is 5.57. The van der Waals surface area contributed by atoms with Gasteiger partial charge in [-0.1, -0.05) is 12.2 Å². The van der Waals surface area contributed by atoms with E-state index in [9.17, 15) is 13.6 Å². The fourth-order valence-electron chi connectivity index (χ4n) is 2.24. The molecule has 1 aromatic rings. The second kappa shape index (κ2) is 9.39. The molecule has 0 aromatic carbocycles. The van der Waals surface area contributed by atoms with E-state index >= 15 is 0 Å². The molecule has 0 radical (unpaired) electrons. The molecule has 7 heteroatoms. The monoisotopic (exact) mass is 329 g/mol. The molecule has 0 atom stereocenters. The van der Waals surface area contributed by atoms with Crippen LogP contribution in [0, 0.1) is 0 Å². The summed E-state index contributed by atoms with van der Waals surface area (Å²) in [6, 6.07) is -0.252. The molecule has 0 bridgehead atoms. The molecule has 0 spiro atoms. The summed E-state index contributed by atoms with van der Waals surface area (Å²) in [5, 5.41) is 4.60. The van der Waals surface area contributed by atoms with Crippen LogP contribution in [-0.2, 0) is 11.9 Å². The van der Waals surface area contributed by atoms with Crippen LogP contribution in [0.2, 0.25) is 0 Å². The molecule has 2 rings (SSSR count). The van der Waals surface area contributed by atoms with Crippen molar-refractivity contribution in [1.29, 1.82) is 0 Å². The molecule has 5 nitrogen and oxygen atoms in total. The van der Waals surface area contributed by atoms with Crippen LogP contribution in [0.25, 0.3) is 0 Å². The summed E-state index contributed by atoms with van der Waals surface area (Å²) in [5.41, 5.74) is -0.668. The molecule has 0 fully saturated rings. The molecule has 0 saturated heterocycles. The first-order chi connectivity index (χ1) is 10.9. The lowest BCUT2D eigenvalue weighted by molar-refractivity contribution is -0.115. The Morgan fingerprint density at radius 1 is 1.30 bits per heavy atom. The van der Waals surface area contributed by atoms with Crippen molar-refractivity contribution in [1.82, 2.24) is 14.8 Å². The fraction of sp³-hybridized carbons (Fsp3) is 0.625. The van der Waals surface area contributed by atoms with E-state index < -0.39 is 18.0 Å². The van der Waals surface area contributed by atoms with E-state index in [0.717, 1.165) is 5.06 Å². The van der Waals surface area contributed by atoms with Gasteiger partial charge in [0.2, 0.25) is 0 Å². The van der Waals surface area contributed by atoms with Gasteiger partial charge in [0, 0.05) is 13.2 Å². The van der Waals surface area contributed by atoms with Crippen LogP contribution >= 0.6 is 0 Å². The molecule has 1 amide bonds. The number of amides is 1. The minimum Gasteiger partial charge on any atom is -0.275 e. The van der Waals surface area contributed by atoms with Crippen molar-refractivity contribution in [3.63, 3.8) is 0 Å². The van der Waals surface area contributed by atoms with Gasteiger partial charge in [-0.15, -0.1) is 0 Å². The zero-order valence-electron chi connectivity index (χ0n) is 14.1. The third-order valence-electron chi connectivity index (χ3n) is 3.32. The van der Waals surface area contributed by atoms with E-state index in [0.29, 0.717) is 0 Å².